The third-order valence-electron chi connectivity index (χ3n) is 3.58. The molecule has 7 nitrogen and oxygen atoms in total. The van der Waals surface area contributed by atoms with Crippen LogP contribution in [0.15, 0.2) is 22.8 Å². The molecule has 0 bridgehead atoms. The average molecular weight is 391 g/mol. The number of halogens is 3. The van der Waals surface area contributed by atoms with Crippen molar-refractivity contribution < 1.29 is 22.4 Å². The highest BCUT2D eigenvalue weighted by Crippen LogP contribution is 2.20. The minimum absolute atomic E-state index is 0.253. The first-order valence-corrected chi connectivity index (χ1v) is 8.24. The van der Waals surface area contributed by atoms with Gasteiger partial charge in [-0.25, -0.2) is 4.68 Å². The maximum absolute atomic E-state index is 12.9. The highest BCUT2D eigenvalue weighted by molar-refractivity contribution is 7.71. The van der Waals surface area contributed by atoms with E-state index in [0.29, 0.717) is 18.1 Å². The first-order chi connectivity index (χ1) is 12.1. The van der Waals surface area contributed by atoms with Crippen molar-refractivity contribution in [1.82, 2.24) is 24.1 Å². The zero-order chi connectivity index (χ0) is 19.5. The summed E-state index contributed by atoms with van der Waals surface area (Å²) < 4.78 is 47.2. The van der Waals surface area contributed by atoms with Crippen molar-refractivity contribution in [2.45, 2.75) is 26.3 Å². The Morgan fingerprint density at radius 1 is 1.38 bits per heavy atom. The number of furan rings is 1. The molecule has 0 saturated heterocycles. The van der Waals surface area contributed by atoms with Gasteiger partial charge in [-0.3, -0.25) is 14.3 Å². The molecule has 0 unspecified atom stereocenters. The van der Waals surface area contributed by atoms with Crippen LogP contribution in [0.3, 0.4) is 0 Å². The average Bonchev–Trinajstić information content (AvgIpc) is 3.14. The van der Waals surface area contributed by atoms with Gasteiger partial charge < -0.3 is 9.32 Å². The molecule has 2 rings (SSSR count). The molecule has 2 aromatic rings. The molecule has 1 amide bonds. The van der Waals surface area contributed by atoms with E-state index in [1.54, 1.807) is 16.7 Å². The monoisotopic (exact) mass is 391 g/mol. The van der Waals surface area contributed by atoms with Crippen LogP contribution in [0.2, 0.25) is 0 Å². The van der Waals surface area contributed by atoms with E-state index in [9.17, 15) is 18.0 Å². The molecule has 0 saturated carbocycles. The Hall–Kier alpha value is -2.14. The SMILES string of the molecule is CCn1c(-c2ccco2)nn(CN(CC(=O)N(C)C)CC(F)(F)F)c1=S. The Labute approximate surface area is 153 Å². The number of hydrogen-bond acceptors (Lipinski definition) is 5. The fourth-order valence-electron chi connectivity index (χ4n) is 2.34. The lowest BCUT2D eigenvalue weighted by Crippen LogP contribution is -2.42. The lowest BCUT2D eigenvalue weighted by molar-refractivity contribution is -0.154. The van der Waals surface area contributed by atoms with Crippen molar-refractivity contribution in [3.63, 3.8) is 0 Å². The maximum atomic E-state index is 12.9. The minimum Gasteiger partial charge on any atom is -0.461 e. The molecule has 0 fully saturated rings. The second kappa shape index (κ2) is 8.04. The Morgan fingerprint density at radius 3 is 2.58 bits per heavy atom. The van der Waals surface area contributed by atoms with E-state index < -0.39 is 25.2 Å². The van der Waals surface area contributed by atoms with Crippen molar-refractivity contribution in [2.75, 3.05) is 27.2 Å². The number of aromatic nitrogens is 3. The van der Waals surface area contributed by atoms with Crippen molar-refractivity contribution in [1.29, 1.82) is 0 Å². The van der Waals surface area contributed by atoms with Crippen molar-refractivity contribution in [3.8, 4) is 11.6 Å². The highest BCUT2D eigenvalue weighted by atomic mass is 32.1. The summed E-state index contributed by atoms with van der Waals surface area (Å²) in [5.74, 6) is 0.443. The molecule has 0 spiro atoms. The Morgan fingerprint density at radius 2 is 2.08 bits per heavy atom. The van der Waals surface area contributed by atoms with Crippen LogP contribution in [0.1, 0.15) is 6.92 Å². The van der Waals surface area contributed by atoms with Crippen LogP contribution in [0.5, 0.6) is 0 Å². The van der Waals surface area contributed by atoms with Gasteiger partial charge in [-0.15, -0.1) is 5.10 Å². The number of likely N-dealkylation sites (N-methyl/N-ethyl adjacent to an activating group) is 1. The van der Waals surface area contributed by atoms with E-state index in [-0.39, 0.29) is 11.4 Å². The molecule has 0 aliphatic heterocycles. The summed E-state index contributed by atoms with van der Waals surface area (Å²) in [7, 11) is 2.97. The predicted octanol–water partition coefficient (Wildman–Crippen LogP) is 2.60. The summed E-state index contributed by atoms with van der Waals surface area (Å²) in [6.07, 6.45) is -2.98. The molecule has 0 aliphatic carbocycles. The molecule has 0 aliphatic rings. The van der Waals surface area contributed by atoms with E-state index >= 15 is 0 Å². The summed E-state index contributed by atoms with van der Waals surface area (Å²) in [5, 5.41) is 4.29. The number of rotatable bonds is 7. The molecular formula is C15H20F3N5O2S. The molecule has 26 heavy (non-hydrogen) atoms. The zero-order valence-electron chi connectivity index (χ0n) is 14.7. The summed E-state index contributed by atoms with van der Waals surface area (Å²) in [6.45, 7) is 0.410. The number of carbonyl (C=O) groups is 1. The van der Waals surface area contributed by atoms with Crippen LogP contribution in [0, 0.1) is 4.77 Å². The largest absolute Gasteiger partial charge is 0.461 e. The Bertz CT molecular complexity index is 795. The van der Waals surface area contributed by atoms with Gasteiger partial charge in [0, 0.05) is 20.6 Å². The third kappa shape index (κ3) is 4.94. The summed E-state index contributed by atoms with van der Waals surface area (Å²) in [5.41, 5.74) is 0. The van der Waals surface area contributed by atoms with Gasteiger partial charge in [0.15, 0.2) is 16.4 Å². The topological polar surface area (TPSA) is 59.4 Å². The van der Waals surface area contributed by atoms with Crippen LogP contribution >= 0.6 is 12.2 Å². The second-order valence-corrected chi connectivity index (χ2v) is 6.22. The molecule has 0 N–H and O–H groups in total. The molecule has 144 valence electrons. The fraction of sp³-hybridized carbons (Fsp3) is 0.533. The van der Waals surface area contributed by atoms with E-state index in [1.165, 1.54) is 29.9 Å². The lowest BCUT2D eigenvalue weighted by Gasteiger charge is -2.24. The maximum Gasteiger partial charge on any atom is 0.401 e. The van der Waals surface area contributed by atoms with Crippen molar-refractivity contribution in [2.24, 2.45) is 0 Å². The molecule has 2 aromatic heterocycles. The normalized spacial score (nSPS) is 12.0. The van der Waals surface area contributed by atoms with Crippen LogP contribution in [0.4, 0.5) is 13.2 Å². The second-order valence-electron chi connectivity index (χ2n) is 5.86. The van der Waals surface area contributed by atoms with Gasteiger partial charge in [0.05, 0.1) is 26.0 Å². The van der Waals surface area contributed by atoms with Gasteiger partial charge in [-0.05, 0) is 31.3 Å². The minimum atomic E-state index is -4.45. The molecule has 11 heteroatoms. The van der Waals surface area contributed by atoms with Gasteiger partial charge in [0.2, 0.25) is 5.91 Å². The van der Waals surface area contributed by atoms with E-state index in [1.807, 2.05) is 6.92 Å². The van der Waals surface area contributed by atoms with Gasteiger partial charge in [0.25, 0.3) is 0 Å². The van der Waals surface area contributed by atoms with Gasteiger partial charge in [-0.2, -0.15) is 13.2 Å². The number of carbonyl (C=O) groups excluding carboxylic acids is 1. The van der Waals surface area contributed by atoms with Crippen LogP contribution in [0.25, 0.3) is 11.6 Å². The van der Waals surface area contributed by atoms with Gasteiger partial charge >= 0.3 is 6.18 Å². The molecule has 0 radical (unpaired) electrons. The summed E-state index contributed by atoms with van der Waals surface area (Å²) in [4.78, 5) is 14.1. The smallest absolute Gasteiger partial charge is 0.401 e. The first-order valence-electron chi connectivity index (χ1n) is 7.83. The molecule has 2 heterocycles. The molecule has 0 atom stereocenters. The van der Waals surface area contributed by atoms with Gasteiger partial charge in [-0.1, -0.05) is 0 Å². The Balaban J connectivity index is 2.32. The number of amides is 1. The van der Waals surface area contributed by atoms with Crippen LogP contribution in [-0.4, -0.2) is 63.4 Å². The van der Waals surface area contributed by atoms with Crippen molar-refractivity contribution in [3.05, 3.63) is 23.2 Å². The summed E-state index contributed by atoms with van der Waals surface area (Å²) in [6, 6.07) is 3.37. The summed E-state index contributed by atoms with van der Waals surface area (Å²) >= 11 is 5.33. The number of nitrogens with zero attached hydrogens (tertiary/aromatic N) is 5. The zero-order valence-corrected chi connectivity index (χ0v) is 15.5. The van der Waals surface area contributed by atoms with Gasteiger partial charge in [0.1, 0.15) is 0 Å². The van der Waals surface area contributed by atoms with E-state index in [4.69, 9.17) is 16.6 Å². The van der Waals surface area contributed by atoms with Crippen molar-refractivity contribution >= 4 is 18.1 Å². The first kappa shape index (κ1) is 20.2. The number of hydrogen-bond donors (Lipinski definition) is 0. The predicted molar refractivity (Wildman–Crippen MR) is 90.7 cm³/mol. The number of alkyl halides is 3. The lowest BCUT2D eigenvalue weighted by atomic mass is 10.4. The quantitative estimate of drug-likeness (QED) is 0.679. The molecular weight excluding hydrogens is 371 g/mol. The van der Waals surface area contributed by atoms with Crippen LogP contribution in [-0.2, 0) is 18.0 Å². The van der Waals surface area contributed by atoms with E-state index in [0.717, 1.165) is 4.90 Å². The molecule has 0 aromatic carbocycles. The standard InChI is InChI=1S/C15H20F3N5O2S/c1-4-22-13(11-6-5-7-25-11)19-23(14(22)26)10-21(9-15(16,17)18)8-12(24)20(2)3/h5-7H,4,8-10H2,1-3H3. The third-order valence-corrected chi connectivity index (χ3v) is 4.01. The van der Waals surface area contributed by atoms with Crippen LogP contribution < -0.4 is 0 Å². The highest BCUT2D eigenvalue weighted by Gasteiger charge is 2.32. The Kier molecular flexibility index (Phi) is 6.24. The van der Waals surface area contributed by atoms with E-state index in [2.05, 4.69) is 5.10 Å². The fourth-order valence-corrected chi connectivity index (χ4v) is 2.65.